The number of benzene rings is 2. The summed E-state index contributed by atoms with van der Waals surface area (Å²) in [5, 5.41) is 18.4. The molecule has 20 heavy (non-hydrogen) atoms. The Morgan fingerprint density at radius 1 is 1.25 bits per heavy atom. The Balaban J connectivity index is 2.27. The first-order valence-corrected chi connectivity index (χ1v) is 6.59. The van der Waals surface area contributed by atoms with Crippen molar-refractivity contribution in [3.63, 3.8) is 0 Å². The van der Waals surface area contributed by atoms with Crippen LogP contribution in [0.25, 0.3) is 0 Å². The number of hydrogen-bond donors (Lipinski definition) is 1. The van der Waals surface area contributed by atoms with Crippen LogP contribution in [-0.4, -0.2) is 18.1 Å². The standard InChI is InChI=1S/C15H11BrN2O2/c1-18(12-5-2-10(9-17)3-6-12)15(20)11-4-7-13(16)14(19)8-11/h2-8,19H,1H3. The number of amides is 1. The summed E-state index contributed by atoms with van der Waals surface area (Å²) in [4.78, 5) is 13.8. The molecule has 2 rings (SSSR count). The van der Waals surface area contributed by atoms with Gasteiger partial charge in [-0.25, -0.2) is 0 Å². The first-order valence-electron chi connectivity index (χ1n) is 5.79. The van der Waals surface area contributed by atoms with Gasteiger partial charge >= 0.3 is 0 Å². The highest BCUT2D eigenvalue weighted by Gasteiger charge is 2.14. The smallest absolute Gasteiger partial charge is 0.258 e. The molecule has 5 heteroatoms. The van der Waals surface area contributed by atoms with Crippen LogP contribution in [0.2, 0.25) is 0 Å². The molecule has 0 saturated heterocycles. The van der Waals surface area contributed by atoms with Crippen molar-refractivity contribution in [3.8, 4) is 11.8 Å². The first kappa shape index (κ1) is 14.1. The van der Waals surface area contributed by atoms with Gasteiger partial charge in [0.1, 0.15) is 5.75 Å². The van der Waals surface area contributed by atoms with Crippen molar-refractivity contribution in [1.29, 1.82) is 5.26 Å². The molecule has 2 aromatic rings. The van der Waals surface area contributed by atoms with Gasteiger partial charge in [-0.15, -0.1) is 0 Å². The lowest BCUT2D eigenvalue weighted by Gasteiger charge is -2.17. The number of rotatable bonds is 2. The molecule has 0 radical (unpaired) electrons. The Morgan fingerprint density at radius 2 is 1.90 bits per heavy atom. The fourth-order valence-corrected chi connectivity index (χ4v) is 1.96. The molecular formula is C15H11BrN2O2. The Hall–Kier alpha value is -2.32. The molecule has 0 heterocycles. The maximum Gasteiger partial charge on any atom is 0.258 e. The summed E-state index contributed by atoms with van der Waals surface area (Å²) >= 11 is 3.17. The molecule has 4 nitrogen and oxygen atoms in total. The molecule has 0 saturated carbocycles. The van der Waals surface area contributed by atoms with Crippen molar-refractivity contribution in [3.05, 3.63) is 58.1 Å². The number of aromatic hydroxyl groups is 1. The minimum absolute atomic E-state index is 0.0177. The molecule has 0 aliphatic carbocycles. The number of hydrogen-bond acceptors (Lipinski definition) is 3. The van der Waals surface area contributed by atoms with Crippen molar-refractivity contribution >= 4 is 27.5 Å². The molecule has 2 aromatic carbocycles. The van der Waals surface area contributed by atoms with Crippen LogP contribution in [0, 0.1) is 11.3 Å². The molecule has 1 N–H and O–H groups in total. The van der Waals surface area contributed by atoms with Gasteiger partial charge in [-0.1, -0.05) is 0 Å². The van der Waals surface area contributed by atoms with Gasteiger partial charge in [0, 0.05) is 18.3 Å². The van der Waals surface area contributed by atoms with E-state index in [1.807, 2.05) is 6.07 Å². The average molecular weight is 331 g/mol. The maximum atomic E-state index is 12.3. The topological polar surface area (TPSA) is 64.3 Å². The summed E-state index contributed by atoms with van der Waals surface area (Å²) in [6, 6.07) is 13.4. The van der Waals surface area contributed by atoms with E-state index in [-0.39, 0.29) is 11.7 Å². The summed E-state index contributed by atoms with van der Waals surface area (Å²) in [7, 11) is 1.64. The molecule has 0 fully saturated rings. The second-order valence-electron chi connectivity index (χ2n) is 4.19. The molecule has 0 unspecified atom stereocenters. The number of halogens is 1. The van der Waals surface area contributed by atoms with Crippen LogP contribution in [0.15, 0.2) is 46.9 Å². The highest BCUT2D eigenvalue weighted by molar-refractivity contribution is 9.10. The summed E-state index contributed by atoms with van der Waals surface area (Å²) in [5.41, 5.74) is 1.60. The van der Waals surface area contributed by atoms with Crippen molar-refractivity contribution in [2.75, 3.05) is 11.9 Å². The monoisotopic (exact) mass is 330 g/mol. The fourth-order valence-electron chi connectivity index (χ4n) is 1.72. The molecule has 0 aliphatic heterocycles. The zero-order chi connectivity index (χ0) is 14.7. The van der Waals surface area contributed by atoms with Crippen LogP contribution in [0.1, 0.15) is 15.9 Å². The van der Waals surface area contributed by atoms with Crippen molar-refractivity contribution in [2.24, 2.45) is 0 Å². The Labute approximate surface area is 125 Å². The van der Waals surface area contributed by atoms with Crippen LogP contribution in [0.5, 0.6) is 5.75 Å². The van der Waals surface area contributed by atoms with Crippen molar-refractivity contribution in [1.82, 2.24) is 0 Å². The average Bonchev–Trinajstić information content (AvgIpc) is 2.48. The van der Waals surface area contributed by atoms with E-state index < -0.39 is 0 Å². The van der Waals surface area contributed by atoms with Crippen LogP contribution in [-0.2, 0) is 0 Å². The Kier molecular flexibility index (Phi) is 4.06. The predicted molar refractivity (Wildman–Crippen MR) is 79.7 cm³/mol. The summed E-state index contributed by atoms with van der Waals surface area (Å²) in [5.74, 6) is -0.221. The minimum atomic E-state index is -0.238. The third-order valence-corrected chi connectivity index (χ3v) is 3.55. The molecule has 0 bridgehead atoms. The maximum absolute atomic E-state index is 12.3. The van der Waals surface area contributed by atoms with Crippen LogP contribution >= 0.6 is 15.9 Å². The lowest BCUT2D eigenvalue weighted by atomic mass is 10.1. The fraction of sp³-hybridized carbons (Fsp3) is 0.0667. The van der Waals surface area contributed by atoms with Crippen LogP contribution < -0.4 is 4.90 Å². The number of anilines is 1. The summed E-state index contributed by atoms with van der Waals surface area (Å²) in [6.07, 6.45) is 0. The van der Waals surface area contributed by atoms with Gasteiger partial charge in [0.25, 0.3) is 5.91 Å². The number of nitriles is 1. The van der Waals surface area contributed by atoms with Gasteiger partial charge < -0.3 is 10.0 Å². The van der Waals surface area contributed by atoms with E-state index in [4.69, 9.17) is 5.26 Å². The summed E-state index contributed by atoms with van der Waals surface area (Å²) < 4.78 is 0.537. The normalized spacial score (nSPS) is 9.85. The zero-order valence-electron chi connectivity index (χ0n) is 10.7. The van der Waals surface area contributed by atoms with Gasteiger partial charge in [-0.3, -0.25) is 4.79 Å². The van der Waals surface area contributed by atoms with Crippen molar-refractivity contribution < 1.29 is 9.90 Å². The molecule has 1 amide bonds. The van der Waals surface area contributed by atoms with Gasteiger partial charge in [-0.05, 0) is 58.4 Å². The number of carbonyl (C=O) groups is 1. The van der Waals surface area contributed by atoms with Crippen molar-refractivity contribution in [2.45, 2.75) is 0 Å². The number of phenols is 1. The molecule has 100 valence electrons. The third-order valence-electron chi connectivity index (χ3n) is 2.88. The third kappa shape index (κ3) is 2.81. The van der Waals surface area contributed by atoms with Gasteiger partial charge in [-0.2, -0.15) is 5.26 Å². The number of nitrogens with zero attached hydrogens (tertiary/aromatic N) is 2. The zero-order valence-corrected chi connectivity index (χ0v) is 12.3. The molecule has 0 aromatic heterocycles. The highest BCUT2D eigenvalue weighted by Crippen LogP contribution is 2.25. The van der Waals surface area contributed by atoms with E-state index >= 15 is 0 Å². The molecule has 0 atom stereocenters. The molecular weight excluding hydrogens is 320 g/mol. The van der Waals surface area contributed by atoms with Gasteiger partial charge in [0.2, 0.25) is 0 Å². The second kappa shape index (κ2) is 5.76. The summed E-state index contributed by atoms with van der Waals surface area (Å²) in [6.45, 7) is 0. The number of phenolic OH excluding ortho intramolecular Hbond substituents is 1. The SMILES string of the molecule is CN(C(=O)c1ccc(Br)c(O)c1)c1ccc(C#N)cc1. The van der Waals surface area contributed by atoms with Crippen LogP contribution in [0.3, 0.4) is 0 Å². The van der Waals surface area contributed by atoms with Crippen LogP contribution in [0.4, 0.5) is 5.69 Å². The van der Waals surface area contributed by atoms with E-state index in [1.54, 1.807) is 43.4 Å². The van der Waals surface area contributed by atoms with E-state index in [0.717, 1.165) is 0 Å². The predicted octanol–water partition coefficient (Wildman–Crippen LogP) is 3.30. The van der Waals surface area contributed by atoms with E-state index in [2.05, 4.69) is 15.9 Å². The van der Waals surface area contributed by atoms with E-state index in [1.165, 1.54) is 11.0 Å². The quantitative estimate of drug-likeness (QED) is 0.918. The van der Waals surface area contributed by atoms with E-state index in [9.17, 15) is 9.90 Å². The second-order valence-corrected chi connectivity index (χ2v) is 5.04. The minimum Gasteiger partial charge on any atom is -0.507 e. The van der Waals surface area contributed by atoms with Gasteiger partial charge in [0.05, 0.1) is 16.1 Å². The van der Waals surface area contributed by atoms with Gasteiger partial charge in [0.15, 0.2) is 0 Å². The lowest BCUT2D eigenvalue weighted by molar-refractivity contribution is 0.0992. The highest BCUT2D eigenvalue weighted by atomic mass is 79.9. The largest absolute Gasteiger partial charge is 0.507 e. The molecule has 0 aliphatic rings. The first-order chi connectivity index (χ1) is 9.52. The number of carbonyl (C=O) groups excluding carboxylic acids is 1. The lowest BCUT2D eigenvalue weighted by Crippen LogP contribution is -2.26. The van der Waals surface area contributed by atoms with E-state index in [0.29, 0.717) is 21.3 Å². The molecule has 0 spiro atoms. The Bertz CT molecular complexity index is 690. The Morgan fingerprint density at radius 3 is 2.45 bits per heavy atom.